The minimum Gasteiger partial charge on any atom is -0.369 e. The van der Waals surface area contributed by atoms with Crippen LogP contribution in [0.1, 0.15) is 5.56 Å². The maximum atomic E-state index is 13.1. The number of imidazole rings is 1. The van der Waals surface area contributed by atoms with E-state index in [1.807, 2.05) is 13.0 Å². The van der Waals surface area contributed by atoms with Gasteiger partial charge in [-0.25, -0.2) is 9.37 Å². The fourth-order valence-corrected chi connectivity index (χ4v) is 1.39. The predicted octanol–water partition coefficient (Wildman–Crippen LogP) is 1.90. The Labute approximate surface area is 81.0 Å². The lowest BCUT2D eigenvalue weighted by Crippen LogP contribution is -2.00. The molecule has 0 bridgehead atoms. The number of nitrogens with two attached hydrogens (primary N) is 1. The molecule has 0 spiro atoms. The Kier molecular flexibility index (Phi) is 1.96. The van der Waals surface area contributed by atoms with Gasteiger partial charge in [0.1, 0.15) is 5.82 Å². The van der Waals surface area contributed by atoms with Gasteiger partial charge in [-0.05, 0) is 30.7 Å². The van der Waals surface area contributed by atoms with Crippen LogP contribution in [-0.4, -0.2) is 9.55 Å². The molecule has 0 radical (unpaired) electrons. The van der Waals surface area contributed by atoms with E-state index < -0.39 is 0 Å². The van der Waals surface area contributed by atoms with E-state index >= 15 is 0 Å². The third-order valence-corrected chi connectivity index (χ3v) is 1.97. The van der Waals surface area contributed by atoms with Gasteiger partial charge < -0.3 is 5.73 Å². The fraction of sp³-hybridized carbons (Fsp3) is 0.100. The molecule has 0 aliphatic carbocycles. The van der Waals surface area contributed by atoms with Gasteiger partial charge in [-0.15, -0.1) is 0 Å². The highest BCUT2D eigenvalue weighted by atomic mass is 19.1. The molecule has 0 amide bonds. The molecule has 2 aromatic rings. The SMILES string of the molecule is Cc1cc(F)cc(-n2ccnc2N)c1. The molecule has 1 aromatic heterocycles. The quantitative estimate of drug-likeness (QED) is 0.748. The number of aromatic nitrogens is 2. The average Bonchev–Trinajstić information content (AvgIpc) is 2.49. The van der Waals surface area contributed by atoms with Gasteiger partial charge in [0, 0.05) is 12.4 Å². The van der Waals surface area contributed by atoms with Crippen LogP contribution in [0.25, 0.3) is 5.69 Å². The molecule has 3 nitrogen and oxygen atoms in total. The first-order valence-corrected chi connectivity index (χ1v) is 4.23. The number of halogens is 1. The van der Waals surface area contributed by atoms with Gasteiger partial charge in [0.2, 0.25) is 5.95 Å². The van der Waals surface area contributed by atoms with Crippen molar-refractivity contribution in [2.24, 2.45) is 0 Å². The molecule has 0 saturated heterocycles. The van der Waals surface area contributed by atoms with Crippen LogP contribution in [0.15, 0.2) is 30.6 Å². The van der Waals surface area contributed by atoms with Crippen LogP contribution >= 0.6 is 0 Å². The van der Waals surface area contributed by atoms with E-state index in [9.17, 15) is 4.39 Å². The second-order valence-corrected chi connectivity index (χ2v) is 3.14. The monoisotopic (exact) mass is 191 g/mol. The minimum atomic E-state index is -0.270. The van der Waals surface area contributed by atoms with E-state index in [-0.39, 0.29) is 5.82 Å². The van der Waals surface area contributed by atoms with Crippen molar-refractivity contribution in [2.45, 2.75) is 6.92 Å². The van der Waals surface area contributed by atoms with Crippen LogP contribution < -0.4 is 5.73 Å². The molecule has 0 unspecified atom stereocenters. The number of nitrogens with zero attached hydrogens (tertiary/aromatic N) is 2. The Bertz CT molecular complexity index is 442. The van der Waals surface area contributed by atoms with E-state index in [0.29, 0.717) is 11.6 Å². The Morgan fingerprint density at radius 1 is 1.36 bits per heavy atom. The molecule has 0 aliphatic rings. The summed E-state index contributed by atoms with van der Waals surface area (Å²) in [5.41, 5.74) is 7.15. The summed E-state index contributed by atoms with van der Waals surface area (Å²) in [6.45, 7) is 1.83. The molecule has 1 aromatic carbocycles. The molecule has 2 N–H and O–H groups in total. The molecule has 4 heteroatoms. The number of anilines is 1. The summed E-state index contributed by atoms with van der Waals surface area (Å²) < 4.78 is 14.7. The molecule has 14 heavy (non-hydrogen) atoms. The summed E-state index contributed by atoms with van der Waals surface area (Å²) in [7, 11) is 0. The number of hydrogen-bond acceptors (Lipinski definition) is 2. The van der Waals surface area contributed by atoms with Crippen LogP contribution in [0, 0.1) is 12.7 Å². The van der Waals surface area contributed by atoms with Crippen molar-refractivity contribution in [1.82, 2.24) is 9.55 Å². The van der Waals surface area contributed by atoms with Crippen LogP contribution in [0.5, 0.6) is 0 Å². The average molecular weight is 191 g/mol. The number of nitrogen functional groups attached to an aromatic ring is 1. The van der Waals surface area contributed by atoms with Crippen molar-refractivity contribution in [3.63, 3.8) is 0 Å². The van der Waals surface area contributed by atoms with E-state index in [4.69, 9.17) is 5.73 Å². The summed E-state index contributed by atoms with van der Waals surface area (Å²) in [5.74, 6) is 0.0862. The zero-order valence-electron chi connectivity index (χ0n) is 7.74. The highest BCUT2D eigenvalue weighted by molar-refractivity contribution is 5.41. The van der Waals surface area contributed by atoms with Gasteiger partial charge in [-0.3, -0.25) is 4.57 Å². The second-order valence-electron chi connectivity index (χ2n) is 3.14. The van der Waals surface area contributed by atoms with Gasteiger partial charge >= 0.3 is 0 Å². The van der Waals surface area contributed by atoms with E-state index in [2.05, 4.69) is 4.98 Å². The highest BCUT2D eigenvalue weighted by Gasteiger charge is 2.03. The van der Waals surface area contributed by atoms with Crippen molar-refractivity contribution in [2.75, 3.05) is 5.73 Å². The van der Waals surface area contributed by atoms with Crippen molar-refractivity contribution < 1.29 is 4.39 Å². The summed E-state index contributed by atoms with van der Waals surface area (Å²) in [6.07, 6.45) is 3.28. The fourth-order valence-electron chi connectivity index (χ4n) is 1.39. The van der Waals surface area contributed by atoms with Crippen molar-refractivity contribution in [3.8, 4) is 5.69 Å². The van der Waals surface area contributed by atoms with E-state index in [0.717, 1.165) is 5.56 Å². The second kappa shape index (κ2) is 3.14. The zero-order valence-corrected chi connectivity index (χ0v) is 7.74. The Hall–Kier alpha value is -1.84. The Morgan fingerprint density at radius 3 is 2.71 bits per heavy atom. The molecule has 0 fully saturated rings. The standard InChI is InChI=1S/C10H10FN3/c1-7-4-8(11)6-9(5-7)14-3-2-13-10(14)12/h2-6H,1H3,(H2,12,13). The number of aryl methyl sites for hydroxylation is 1. The molecule has 2 rings (SSSR count). The molecule has 72 valence electrons. The summed E-state index contributed by atoms with van der Waals surface area (Å²) in [4.78, 5) is 3.87. The molecule has 1 heterocycles. The highest BCUT2D eigenvalue weighted by Crippen LogP contribution is 2.15. The largest absolute Gasteiger partial charge is 0.369 e. The smallest absolute Gasteiger partial charge is 0.204 e. The maximum Gasteiger partial charge on any atom is 0.204 e. The molecular formula is C10H10FN3. The van der Waals surface area contributed by atoms with Gasteiger partial charge in [-0.2, -0.15) is 0 Å². The number of hydrogen-bond donors (Lipinski definition) is 1. The Morgan fingerprint density at radius 2 is 2.14 bits per heavy atom. The van der Waals surface area contributed by atoms with Crippen LogP contribution in [0.2, 0.25) is 0 Å². The lowest BCUT2D eigenvalue weighted by Gasteiger charge is -2.05. The van der Waals surface area contributed by atoms with Crippen LogP contribution in [0.3, 0.4) is 0 Å². The summed E-state index contributed by atoms with van der Waals surface area (Å²) >= 11 is 0. The van der Waals surface area contributed by atoms with Gasteiger partial charge in [0.15, 0.2) is 0 Å². The maximum absolute atomic E-state index is 13.1. The number of benzene rings is 1. The molecule has 0 aliphatic heterocycles. The van der Waals surface area contributed by atoms with E-state index in [1.54, 1.807) is 17.0 Å². The van der Waals surface area contributed by atoms with Gasteiger partial charge in [-0.1, -0.05) is 0 Å². The Balaban J connectivity index is 2.57. The minimum absolute atomic E-state index is 0.270. The van der Waals surface area contributed by atoms with Crippen LogP contribution in [-0.2, 0) is 0 Å². The summed E-state index contributed by atoms with van der Waals surface area (Å²) in [6, 6.07) is 4.74. The van der Waals surface area contributed by atoms with Crippen molar-refractivity contribution >= 4 is 5.95 Å². The third-order valence-electron chi connectivity index (χ3n) is 1.97. The van der Waals surface area contributed by atoms with Gasteiger partial charge in [0.05, 0.1) is 5.69 Å². The van der Waals surface area contributed by atoms with E-state index in [1.165, 1.54) is 12.1 Å². The summed E-state index contributed by atoms with van der Waals surface area (Å²) in [5, 5.41) is 0. The number of rotatable bonds is 1. The lowest BCUT2D eigenvalue weighted by atomic mass is 10.2. The van der Waals surface area contributed by atoms with Crippen LogP contribution in [0.4, 0.5) is 10.3 Å². The first-order chi connectivity index (χ1) is 6.66. The molecular weight excluding hydrogens is 181 g/mol. The first-order valence-electron chi connectivity index (χ1n) is 4.23. The molecule has 0 atom stereocenters. The third kappa shape index (κ3) is 1.46. The lowest BCUT2D eigenvalue weighted by molar-refractivity contribution is 0.625. The van der Waals surface area contributed by atoms with Crippen molar-refractivity contribution in [3.05, 3.63) is 42.0 Å². The topological polar surface area (TPSA) is 43.8 Å². The predicted molar refractivity (Wildman–Crippen MR) is 52.7 cm³/mol. The van der Waals surface area contributed by atoms with Gasteiger partial charge in [0.25, 0.3) is 0 Å². The zero-order chi connectivity index (χ0) is 10.1. The normalized spacial score (nSPS) is 10.4. The van der Waals surface area contributed by atoms with Crippen molar-refractivity contribution in [1.29, 1.82) is 0 Å². The molecule has 0 saturated carbocycles. The first kappa shape index (κ1) is 8.74.